The fourth-order valence-electron chi connectivity index (χ4n) is 5.59. The highest BCUT2D eigenvalue weighted by atomic mass is 16.5. The quantitative estimate of drug-likeness (QED) is 0.268. The second kappa shape index (κ2) is 9.54. The van der Waals surface area contributed by atoms with E-state index in [9.17, 15) is 0 Å². The number of rotatable bonds is 4. The van der Waals surface area contributed by atoms with Gasteiger partial charge in [0.2, 0.25) is 0 Å². The SMILES string of the molecule is COc1ccccc1C1c2c(C)nn(-c3ccccc3)c2N=C2C(Nc3cccc(C)c3)=Nc3ccccc3N21. The average Bonchev–Trinajstić information content (AvgIpc) is 3.32. The normalized spacial score (nSPS) is 15.4. The minimum atomic E-state index is -0.248. The molecule has 196 valence electrons. The molecule has 0 radical (unpaired) electrons. The van der Waals surface area contributed by atoms with Crippen molar-refractivity contribution >= 4 is 34.6 Å². The molecule has 2 aliphatic heterocycles. The smallest absolute Gasteiger partial charge is 0.179 e. The van der Waals surface area contributed by atoms with Gasteiger partial charge in [0.05, 0.1) is 35.9 Å². The molecule has 0 aliphatic carbocycles. The number of aliphatic imine (C=N–C) groups is 2. The Hall–Kier alpha value is -5.17. The first-order chi connectivity index (χ1) is 19.6. The lowest BCUT2D eigenvalue weighted by Crippen LogP contribution is -2.46. The molecule has 2 aliphatic rings. The number of nitrogens with one attached hydrogen (secondary N) is 1. The Balaban J connectivity index is 1.52. The lowest BCUT2D eigenvalue weighted by Gasteiger charge is -2.41. The maximum Gasteiger partial charge on any atom is 0.179 e. The molecule has 0 amide bonds. The standard InChI is InChI=1S/C33H28N6O/c1-21-12-11-13-23(20-21)34-31-33-36-32-29(22(2)37-39(32)24-14-5-4-6-15-24)30(25-16-7-10-19-28(25)40-3)38(33)27-18-9-8-17-26(27)35-31/h4-20,30H,1-3H3,(H,34,35). The second-order valence-electron chi connectivity index (χ2n) is 9.96. The average molecular weight is 525 g/mol. The van der Waals surface area contributed by atoms with Crippen molar-refractivity contribution in [2.45, 2.75) is 19.9 Å². The number of para-hydroxylation sites is 4. The van der Waals surface area contributed by atoms with Crippen molar-refractivity contribution in [2.24, 2.45) is 9.98 Å². The van der Waals surface area contributed by atoms with Crippen LogP contribution in [0.5, 0.6) is 5.75 Å². The van der Waals surface area contributed by atoms with Gasteiger partial charge in [0, 0.05) is 16.8 Å². The summed E-state index contributed by atoms with van der Waals surface area (Å²) >= 11 is 0. The molecule has 40 heavy (non-hydrogen) atoms. The molecule has 5 aromatic rings. The molecular weight excluding hydrogens is 496 g/mol. The van der Waals surface area contributed by atoms with Gasteiger partial charge in [-0.15, -0.1) is 0 Å². The summed E-state index contributed by atoms with van der Waals surface area (Å²) in [4.78, 5) is 12.7. The van der Waals surface area contributed by atoms with Gasteiger partial charge in [0.25, 0.3) is 0 Å². The molecule has 4 aromatic carbocycles. The molecular formula is C33H28N6O. The molecule has 0 spiro atoms. The number of aromatic nitrogens is 2. The number of amidine groups is 2. The van der Waals surface area contributed by atoms with Crippen LogP contribution in [-0.2, 0) is 0 Å². The maximum absolute atomic E-state index is 5.91. The zero-order chi connectivity index (χ0) is 27.2. The van der Waals surface area contributed by atoms with Crippen LogP contribution in [0.25, 0.3) is 5.69 Å². The van der Waals surface area contributed by atoms with Gasteiger partial charge in [-0.1, -0.05) is 60.7 Å². The second-order valence-corrected chi connectivity index (χ2v) is 9.96. The molecule has 1 unspecified atom stereocenters. The molecule has 3 heterocycles. The van der Waals surface area contributed by atoms with Crippen molar-refractivity contribution in [1.29, 1.82) is 0 Å². The molecule has 1 N–H and O–H groups in total. The van der Waals surface area contributed by atoms with Crippen LogP contribution in [0.4, 0.5) is 22.9 Å². The van der Waals surface area contributed by atoms with Crippen molar-refractivity contribution in [2.75, 3.05) is 17.3 Å². The maximum atomic E-state index is 5.91. The minimum Gasteiger partial charge on any atom is -0.496 e. The summed E-state index contributed by atoms with van der Waals surface area (Å²) in [5.74, 6) is 2.98. The highest BCUT2D eigenvalue weighted by Crippen LogP contribution is 2.49. The van der Waals surface area contributed by atoms with E-state index in [4.69, 9.17) is 19.8 Å². The molecule has 1 atom stereocenters. The number of benzene rings is 4. The number of methoxy groups -OCH3 is 1. The number of ether oxygens (including phenoxy) is 1. The lowest BCUT2D eigenvalue weighted by atomic mass is 9.92. The van der Waals surface area contributed by atoms with Crippen molar-refractivity contribution in [3.63, 3.8) is 0 Å². The molecule has 7 rings (SSSR count). The van der Waals surface area contributed by atoms with Crippen molar-refractivity contribution in [3.8, 4) is 11.4 Å². The number of hydrogen-bond acceptors (Lipinski definition) is 6. The highest BCUT2D eigenvalue weighted by molar-refractivity contribution is 6.51. The summed E-state index contributed by atoms with van der Waals surface area (Å²) < 4.78 is 7.84. The molecule has 1 aromatic heterocycles. The molecule has 0 saturated carbocycles. The van der Waals surface area contributed by atoms with Crippen molar-refractivity contribution < 1.29 is 4.74 Å². The molecule has 0 fully saturated rings. The third-order valence-corrected chi connectivity index (χ3v) is 7.35. The van der Waals surface area contributed by atoms with E-state index in [1.165, 1.54) is 0 Å². The Bertz CT molecular complexity index is 1800. The lowest BCUT2D eigenvalue weighted by molar-refractivity contribution is 0.407. The third kappa shape index (κ3) is 3.86. The van der Waals surface area contributed by atoms with E-state index in [2.05, 4.69) is 54.4 Å². The summed E-state index contributed by atoms with van der Waals surface area (Å²) in [7, 11) is 1.72. The van der Waals surface area contributed by atoms with Crippen LogP contribution in [-0.4, -0.2) is 28.6 Å². The van der Waals surface area contributed by atoms with Gasteiger partial charge in [-0.3, -0.25) is 0 Å². The predicted octanol–water partition coefficient (Wildman–Crippen LogP) is 7.29. The monoisotopic (exact) mass is 524 g/mol. The number of nitrogens with zero attached hydrogens (tertiary/aromatic N) is 5. The third-order valence-electron chi connectivity index (χ3n) is 7.35. The Morgan fingerprint density at radius 2 is 1.57 bits per heavy atom. The van der Waals surface area contributed by atoms with Crippen LogP contribution in [0.15, 0.2) is 113 Å². The summed E-state index contributed by atoms with van der Waals surface area (Å²) in [6.07, 6.45) is 0. The van der Waals surface area contributed by atoms with E-state index in [-0.39, 0.29) is 6.04 Å². The van der Waals surface area contributed by atoms with Crippen LogP contribution in [0.2, 0.25) is 0 Å². The van der Waals surface area contributed by atoms with Crippen molar-refractivity contribution in [3.05, 3.63) is 126 Å². The van der Waals surface area contributed by atoms with Gasteiger partial charge in [-0.2, -0.15) is 5.10 Å². The predicted molar refractivity (Wildman–Crippen MR) is 161 cm³/mol. The first-order valence-corrected chi connectivity index (χ1v) is 13.3. The van der Waals surface area contributed by atoms with Crippen LogP contribution < -0.4 is 15.0 Å². The van der Waals surface area contributed by atoms with Gasteiger partial charge >= 0.3 is 0 Å². The van der Waals surface area contributed by atoms with Crippen molar-refractivity contribution in [1.82, 2.24) is 9.78 Å². The fraction of sp³-hybridized carbons (Fsp3) is 0.121. The zero-order valence-corrected chi connectivity index (χ0v) is 22.5. The number of anilines is 2. The van der Waals surface area contributed by atoms with E-state index in [1.807, 2.05) is 77.5 Å². The molecule has 7 nitrogen and oxygen atoms in total. The van der Waals surface area contributed by atoms with Gasteiger partial charge < -0.3 is 15.0 Å². The van der Waals surface area contributed by atoms with Crippen LogP contribution >= 0.6 is 0 Å². The molecule has 0 bridgehead atoms. The summed E-state index contributed by atoms with van der Waals surface area (Å²) in [5.41, 5.74) is 7.88. The van der Waals surface area contributed by atoms with Gasteiger partial charge in [0.15, 0.2) is 17.5 Å². The molecule has 7 heteroatoms. The zero-order valence-electron chi connectivity index (χ0n) is 22.5. The van der Waals surface area contributed by atoms with Gasteiger partial charge in [-0.05, 0) is 61.9 Å². The summed E-state index contributed by atoms with van der Waals surface area (Å²) in [6, 6.07) is 34.5. The van der Waals surface area contributed by atoms with E-state index in [0.717, 1.165) is 62.5 Å². The Kier molecular flexibility index (Phi) is 5.70. The number of hydrogen-bond donors (Lipinski definition) is 1. The minimum absolute atomic E-state index is 0.248. The summed E-state index contributed by atoms with van der Waals surface area (Å²) in [5, 5.41) is 8.59. The highest BCUT2D eigenvalue weighted by Gasteiger charge is 2.42. The van der Waals surface area contributed by atoms with Crippen LogP contribution in [0.1, 0.15) is 28.4 Å². The first-order valence-electron chi connectivity index (χ1n) is 13.3. The Labute approximate surface area is 233 Å². The largest absolute Gasteiger partial charge is 0.496 e. The van der Waals surface area contributed by atoms with E-state index in [1.54, 1.807) is 7.11 Å². The van der Waals surface area contributed by atoms with Gasteiger partial charge in [-0.25, -0.2) is 14.7 Å². The van der Waals surface area contributed by atoms with E-state index < -0.39 is 0 Å². The first kappa shape index (κ1) is 23.9. The van der Waals surface area contributed by atoms with E-state index >= 15 is 0 Å². The molecule has 0 saturated heterocycles. The van der Waals surface area contributed by atoms with Crippen LogP contribution in [0.3, 0.4) is 0 Å². The topological polar surface area (TPSA) is 67.0 Å². The summed E-state index contributed by atoms with van der Waals surface area (Å²) in [6.45, 7) is 4.13. The number of fused-ring (bicyclic) bond motifs is 4. The fourth-order valence-corrected chi connectivity index (χ4v) is 5.59. The van der Waals surface area contributed by atoms with Crippen LogP contribution in [0, 0.1) is 13.8 Å². The van der Waals surface area contributed by atoms with Gasteiger partial charge in [0.1, 0.15) is 5.75 Å². The Morgan fingerprint density at radius 1 is 0.800 bits per heavy atom. The van der Waals surface area contributed by atoms with E-state index in [0.29, 0.717) is 5.84 Å². The Morgan fingerprint density at radius 3 is 2.40 bits per heavy atom. The number of aryl methyl sites for hydroxylation is 2.